The van der Waals surface area contributed by atoms with Gasteiger partial charge in [0.25, 0.3) is 0 Å². The number of aromatic hydroxyl groups is 1. The second kappa shape index (κ2) is 10.7. The van der Waals surface area contributed by atoms with Crippen LogP contribution in [-0.4, -0.2) is 43.7 Å². The predicted octanol–water partition coefficient (Wildman–Crippen LogP) is 6.19. The SMILES string of the molecule is C(OCC1CO1)C1CO1.Oc1ccc(-c2ccccc2)c(-c2ccccc2)c1-c1ccccc1. The smallest absolute Gasteiger partial charge is 0.124 e. The van der Waals surface area contributed by atoms with E-state index >= 15 is 0 Å². The molecule has 0 aromatic heterocycles. The van der Waals surface area contributed by atoms with Crippen molar-refractivity contribution in [3.63, 3.8) is 0 Å². The third-order valence-electron chi connectivity index (χ3n) is 5.81. The van der Waals surface area contributed by atoms with E-state index in [0.29, 0.717) is 18.0 Å². The number of benzene rings is 4. The van der Waals surface area contributed by atoms with Gasteiger partial charge in [-0.05, 0) is 28.3 Å². The molecular formula is C30H28O4. The molecule has 2 aliphatic heterocycles. The van der Waals surface area contributed by atoms with Crippen LogP contribution in [0.15, 0.2) is 103 Å². The first-order valence-electron chi connectivity index (χ1n) is 11.6. The molecule has 2 heterocycles. The average Bonchev–Trinajstić information content (AvgIpc) is 3.83. The van der Waals surface area contributed by atoms with Gasteiger partial charge < -0.3 is 19.3 Å². The Bertz CT molecular complexity index is 1170. The van der Waals surface area contributed by atoms with Gasteiger partial charge >= 0.3 is 0 Å². The molecule has 2 aliphatic rings. The van der Waals surface area contributed by atoms with Crippen molar-refractivity contribution in [2.75, 3.05) is 26.4 Å². The number of phenolic OH excluding ortho intramolecular Hbond substituents is 1. The van der Waals surface area contributed by atoms with Crippen LogP contribution in [0.4, 0.5) is 0 Å². The summed E-state index contributed by atoms with van der Waals surface area (Å²) in [5.41, 5.74) is 6.28. The lowest BCUT2D eigenvalue weighted by Gasteiger charge is -2.17. The zero-order valence-electron chi connectivity index (χ0n) is 19.0. The van der Waals surface area contributed by atoms with Crippen molar-refractivity contribution in [3.8, 4) is 39.1 Å². The summed E-state index contributed by atoms with van der Waals surface area (Å²) in [7, 11) is 0. The Kier molecular flexibility index (Phi) is 7.01. The van der Waals surface area contributed by atoms with E-state index < -0.39 is 0 Å². The fraction of sp³-hybridized carbons (Fsp3) is 0.200. The predicted molar refractivity (Wildman–Crippen MR) is 135 cm³/mol. The summed E-state index contributed by atoms with van der Waals surface area (Å²) >= 11 is 0. The second-order valence-corrected chi connectivity index (χ2v) is 8.43. The van der Waals surface area contributed by atoms with Gasteiger partial charge in [0.05, 0.1) is 26.4 Å². The van der Waals surface area contributed by atoms with Crippen LogP contribution in [0.25, 0.3) is 33.4 Å². The topological polar surface area (TPSA) is 54.5 Å². The molecule has 0 bridgehead atoms. The minimum atomic E-state index is 0.296. The molecule has 2 atom stereocenters. The minimum Gasteiger partial charge on any atom is -0.507 e. The van der Waals surface area contributed by atoms with Gasteiger partial charge in [-0.2, -0.15) is 0 Å². The van der Waals surface area contributed by atoms with E-state index in [0.717, 1.165) is 59.8 Å². The van der Waals surface area contributed by atoms with Crippen molar-refractivity contribution < 1.29 is 19.3 Å². The van der Waals surface area contributed by atoms with Crippen molar-refractivity contribution >= 4 is 0 Å². The van der Waals surface area contributed by atoms with Gasteiger partial charge in [-0.15, -0.1) is 0 Å². The highest BCUT2D eigenvalue weighted by Gasteiger charge is 2.26. The van der Waals surface area contributed by atoms with Crippen LogP contribution in [0.3, 0.4) is 0 Å². The lowest BCUT2D eigenvalue weighted by Crippen LogP contribution is -2.06. The van der Waals surface area contributed by atoms with Gasteiger partial charge in [-0.3, -0.25) is 0 Å². The molecule has 4 heteroatoms. The van der Waals surface area contributed by atoms with E-state index in [1.54, 1.807) is 6.07 Å². The van der Waals surface area contributed by atoms with Crippen LogP contribution in [0.2, 0.25) is 0 Å². The molecule has 2 fully saturated rings. The van der Waals surface area contributed by atoms with Crippen LogP contribution in [-0.2, 0) is 14.2 Å². The summed E-state index contributed by atoms with van der Waals surface area (Å²) in [4.78, 5) is 0. The number of hydrogen-bond acceptors (Lipinski definition) is 4. The van der Waals surface area contributed by atoms with Crippen LogP contribution in [0.1, 0.15) is 0 Å². The average molecular weight is 453 g/mol. The molecule has 2 unspecified atom stereocenters. The molecule has 4 aromatic carbocycles. The Labute approximate surface area is 200 Å². The fourth-order valence-corrected chi connectivity index (χ4v) is 3.91. The molecule has 6 rings (SSSR count). The molecule has 0 amide bonds. The number of ether oxygens (including phenoxy) is 3. The monoisotopic (exact) mass is 452 g/mol. The van der Waals surface area contributed by atoms with Crippen molar-refractivity contribution in [1.29, 1.82) is 0 Å². The maximum absolute atomic E-state index is 10.7. The van der Waals surface area contributed by atoms with E-state index in [4.69, 9.17) is 14.2 Å². The molecule has 4 nitrogen and oxygen atoms in total. The first-order valence-corrected chi connectivity index (χ1v) is 11.6. The van der Waals surface area contributed by atoms with Gasteiger partial charge in [0.2, 0.25) is 0 Å². The normalized spacial score (nSPS) is 18.0. The largest absolute Gasteiger partial charge is 0.507 e. The molecule has 34 heavy (non-hydrogen) atoms. The Morgan fingerprint density at radius 3 is 1.50 bits per heavy atom. The summed E-state index contributed by atoms with van der Waals surface area (Å²) in [6.07, 6.45) is 0.785. The van der Waals surface area contributed by atoms with Crippen LogP contribution in [0, 0.1) is 0 Å². The van der Waals surface area contributed by atoms with Crippen LogP contribution < -0.4 is 0 Å². The highest BCUT2D eigenvalue weighted by Crippen LogP contribution is 2.44. The first kappa shape index (κ1) is 22.4. The fourth-order valence-electron chi connectivity index (χ4n) is 3.91. The highest BCUT2D eigenvalue weighted by molar-refractivity contribution is 5.97. The van der Waals surface area contributed by atoms with Crippen LogP contribution in [0.5, 0.6) is 5.75 Å². The van der Waals surface area contributed by atoms with E-state index in [2.05, 4.69) is 24.3 Å². The number of epoxide rings is 2. The molecular weight excluding hydrogens is 424 g/mol. The molecule has 1 N–H and O–H groups in total. The van der Waals surface area contributed by atoms with Crippen molar-refractivity contribution in [3.05, 3.63) is 103 Å². The van der Waals surface area contributed by atoms with Gasteiger partial charge in [0, 0.05) is 11.1 Å². The Hall–Kier alpha value is -3.44. The third kappa shape index (κ3) is 5.72. The van der Waals surface area contributed by atoms with Crippen LogP contribution >= 0.6 is 0 Å². The highest BCUT2D eigenvalue weighted by atomic mass is 16.6. The van der Waals surface area contributed by atoms with E-state index in [1.165, 1.54) is 0 Å². The van der Waals surface area contributed by atoms with E-state index in [-0.39, 0.29) is 0 Å². The molecule has 172 valence electrons. The summed E-state index contributed by atoms with van der Waals surface area (Å²) in [5, 5.41) is 10.7. The Balaban J connectivity index is 0.000000222. The molecule has 2 saturated heterocycles. The van der Waals surface area contributed by atoms with Gasteiger partial charge in [-0.1, -0.05) is 97.1 Å². The van der Waals surface area contributed by atoms with Gasteiger partial charge in [-0.25, -0.2) is 0 Å². The number of phenols is 1. The van der Waals surface area contributed by atoms with Crippen molar-refractivity contribution in [2.24, 2.45) is 0 Å². The Morgan fingerprint density at radius 1 is 0.588 bits per heavy atom. The molecule has 0 spiro atoms. The van der Waals surface area contributed by atoms with Gasteiger partial charge in [0.1, 0.15) is 18.0 Å². The summed E-state index contributed by atoms with van der Waals surface area (Å²) < 4.78 is 15.1. The molecule has 0 saturated carbocycles. The lowest BCUT2D eigenvalue weighted by atomic mass is 9.87. The zero-order chi connectivity index (χ0) is 23.2. The lowest BCUT2D eigenvalue weighted by molar-refractivity contribution is 0.102. The first-order chi connectivity index (χ1) is 16.8. The van der Waals surface area contributed by atoms with E-state index in [1.807, 2.05) is 72.8 Å². The zero-order valence-corrected chi connectivity index (χ0v) is 19.0. The maximum atomic E-state index is 10.7. The number of hydrogen-bond donors (Lipinski definition) is 1. The maximum Gasteiger partial charge on any atom is 0.124 e. The molecule has 0 aliphatic carbocycles. The standard InChI is InChI=1S/C24H18O.C6H10O3/c25-22-17-16-21(18-10-4-1-5-11-18)23(19-12-6-2-7-13-19)24(22)20-14-8-3-9-15-20;1(5-3-8-5)7-2-6-4-9-6/h1-17,25H;5-6H,1-4H2. The third-order valence-corrected chi connectivity index (χ3v) is 5.81. The summed E-state index contributed by atoms with van der Waals surface area (Å²) in [6.45, 7) is 3.26. The number of rotatable bonds is 7. The van der Waals surface area contributed by atoms with E-state index in [9.17, 15) is 5.11 Å². The summed E-state index contributed by atoms with van der Waals surface area (Å²) in [6, 6.07) is 34.4. The molecule has 4 aromatic rings. The quantitative estimate of drug-likeness (QED) is 0.340. The van der Waals surface area contributed by atoms with Gasteiger partial charge in [0.15, 0.2) is 0 Å². The second-order valence-electron chi connectivity index (χ2n) is 8.43. The van der Waals surface area contributed by atoms with Crippen molar-refractivity contribution in [2.45, 2.75) is 12.2 Å². The Morgan fingerprint density at radius 2 is 1.03 bits per heavy atom. The minimum absolute atomic E-state index is 0.296. The molecule has 0 radical (unpaired) electrons. The van der Waals surface area contributed by atoms with Crippen molar-refractivity contribution in [1.82, 2.24) is 0 Å². The summed E-state index contributed by atoms with van der Waals surface area (Å²) in [5.74, 6) is 0.296.